The first-order chi connectivity index (χ1) is 10.9. The van der Waals surface area contributed by atoms with Crippen molar-refractivity contribution in [3.05, 3.63) is 47.1 Å². The molecule has 0 saturated carbocycles. The van der Waals surface area contributed by atoms with Crippen LogP contribution in [0.15, 0.2) is 28.8 Å². The third kappa shape index (κ3) is 2.42. The van der Waals surface area contributed by atoms with Crippen molar-refractivity contribution < 1.29 is 14.1 Å². The summed E-state index contributed by atoms with van der Waals surface area (Å²) in [6, 6.07) is 8.05. The van der Waals surface area contributed by atoms with Crippen molar-refractivity contribution >= 4 is 11.9 Å². The molecule has 0 radical (unpaired) electrons. The number of benzene rings is 1. The van der Waals surface area contributed by atoms with E-state index in [2.05, 4.69) is 15.5 Å². The van der Waals surface area contributed by atoms with Crippen molar-refractivity contribution in [2.45, 2.75) is 25.9 Å². The third-order valence-corrected chi connectivity index (χ3v) is 3.71. The van der Waals surface area contributed by atoms with Gasteiger partial charge < -0.3 is 9.84 Å². The highest BCUT2D eigenvalue weighted by atomic mass is 16.5. The van der Waals surface area contributed by atoms with Crippen LogP contribution in [0.1, 0.15) is 29.8 Å². The average molecular weight is 311 g/mol. The summed E-state index contributed by atoms with van der Waals surface area (Å²) in [6.07, 6.45) is 0. The van der Waals surface area contributed by atoms with E-state index in [0.29, 0.717) is 17.0 Å². The van der Waals surface area contributed by atoms with Gasteiger partial charge in [0.2, 0.25) is 5.89 Å². The zero-order valence-electron chi connectivity index (χ0n) is 12.5. The number of carbonyl (C=O) groups is 2. The van der Waals surface area contributed by atoms with Gasteiger partial charge in [-0.15, -0.1) is 0 Å². The minimum absolute atomic E-state index is 0.0982. The SMILES string of the molecule is Cc1noc(CN2C(=O)N[C@@](C)(c3cccc(C#N)c3)C2=O)n1. The lowest BCUT2D eigenvalue weighted by Crippen LogP contribution is -2.40. The molecule has 2 heterocycles. The molecule has 23 heavy (non-hydrogen) atoms. The van der Waals surface area contributed by atoms with Gasteiger partial charge in [-0.3, -0.25) is 9.69 Å². The van der Waals surface area contributed by atoms with Gasteiger partial charge in [-0.1, -0.05) is 17.3 Å². The number of nitriles is 1. The highest BCUT2D eigenvalue weighted by molar-refractivity contribution is 6.07. The largest absolute Gasteiger partial charge is 0.337 e. The fourth-order valence-electron chi connectivity index (χ4n) is 2.48. The number of rotatable bonds is 3. The van der Waals surface area contributed by atoms with Gasteiger partial charge in [0.05, 0.1) is 11.6 Å². The summed E-state index contributed by atoms with van der Waals surface area (Å²) in [4.78, 5) is 29.9. The maximum Gasteiger partial charge on any atom is 0.325 e. The minimum Gasteiger partial charge on any atom is -0.337 e. The first-order valence-corrected chi connectivity index (χ1v) is 6.88. The molecule has 1 saturated heterocycles. The highest BCUT2D eigenvalue weighted by Crippen LogP contribution is 2.30. The van der Waals surface area contributed by atoms with Crippen LogP contribution < -0.4 is 5.32 Å². The Morgan fingerprint density at radius 3 is 2.87 bits per heavy atom. The second kappa shape index (κ2) is 5.21. The first kappa shape index (κ1) is 14.7. The fourth-order valence-corrected chi connectivity index (χ4v) is 2.48. The van der Waals surface area contributed by atoms with Crippen LogP contribution >= 0.6 is 0 Å². The molecule has 1 aliphatic rings. The van der Waals surface area contributed by atoms with Crippen molar-refractivity contribution in [2.75, 3.05) is 0 Å². The number of urea groups is 1. The van der Waals surface area contributed by atoms with Crippen molar-refractivity contribution in [3.8, 4) is 6.07 Å². The predicted molar refractivity (Wildman–Crippen MR) is 76.6 cm³/mol. The van der Waals surface area contributed by atoms with E-state index in [9.17, 15) is 9.59 Å². The van der Waals surface area contributed by atoms with E-state index in [1.54, 1.807) is 38.1 Å². The van der Waals surface area contributed by atoms with Crippen LogP contribution in [0.5, 0.6) is 0 Å². The van der Waals surface area contributed by atoms with E-state index in [1.165, 1.54) is 0 Å². The van der Waals surface area contributed by atoms with Gasteiger partial charge in [0.25, 0.3) is 5.91 Å². The lowest BCUT2D eigenvalue weighted by Gasteiger charge is -2.22. The van der Waals surface area contributed by atoms with Gasteiger partial charge >= 0.3 is 6.03 Å². The number of imide groups is 1. The second-order valence-electron chi connectivity index (χ2n) is 5.37. The molecule has 3 amide bonds. The van der Waals surface area contributed by atoms with Crippen molar-refractivity contribution in [1.29, 1.82) is 5.26 Å². The Balaban J connectivity index is 1.91. The Morgan fingerprint density at radius 1 is 1.43 bits per heavy atom. The number of hydrogen-bond acceptors (Lipinski definition) is 6. The maximum atomic E-state index is 12.7. The molecule has 1 fully saturated rings. The number of aryl methyl sites for hydroxylation is 1. The van der Waals surface area contributed by atoms with E-state index in [0.717, 1.165) is 4.90 Å². The topological polar surface area (TPSA) is 112 Å². The molecule has 2 aromatic rings. The first-order valence-electron chi connectivity index (χ1n) is 6.88. The van der Waals surface area contributed by atoms with Gasteiger partial charge in [-0.05, 0) is 31.5 Å². The molecule has 116 valence electrons. The molecular formula is C15H13N5O3. The van der Waals surface area contributed by atoms with Crippen molar-refractivity contribution in [2.24, 2.45) is 0 Å². The zero-order chi connectivity index (χ0) is 16.6. The summed E-state index contributed by atoms with van der Waals surface area (Å²) < 4.78 is 4.96. The monoisotopic (exact) mass is 311 g/mol. The molecule has 3 rings (SSSR count). The van der Waals surface area contributed by atoms with Gasteiger partial charge in [-0.2, -0.15) is 10.2 Å². The minimum atomic E-state index is -1.24. The summed E-state index contributed by atoms with van der Waals surface area (Å²) in [5.74, 6) is 0.172. The Labute approximate surface area is 131 Å². The van der Waals surface area contributed by atoms with E-state index in [1.807, 2.05) is 6.07 Å². The lowest BCUT2D eigenvalue weighted by atomic mass is 9.91. The lowest BCUT2D eigenvalue weighted by molar-refractivity contribution is -0.131. The Bertz CT molecular complexity index is 838. The molecule has 8 heteroatoms. The van der Waals surface area contributed by atoms with E-state index in [4.69, 9.17) is 9.78 Å². The van der Waals surface area contributed by atoms with Crippen LogP contribution in [-0.2, 0) is 16.9 Å². The summed E-state index contributed by atoms with van der Waals surface area (Å²) in [5.41, 5.74) is -0.283. The molecule has 1 aromatic carbocycles. The van der Waals surface area contributed by atoms with Crippen LogP contribution in [0.25, 0.3) is 0 Å². The molecule has 1 atom stereocenters. The van der Waals surface area contributed by atoms with Crippen LogP contribution in [0, 0.1) is 18.3 Å². The normalized spacial score (nSPS) is 20.5. The fraction of sp³-hybridized carbons (Fsp3) is 0.267. The molecule has 0 aliphatic carbocycles. The Hall–Kier alpha value is -3.21. The third-order valence-electron chi connectivity index (χ3n) is 3.71. The molecule has 1 N–H and O–H groups in total. The molecule has 1 aromatic heterocycles. The van der Waals surface area contributed by atoms with Gasteiger partial charge in [0.1, 0.15) is 12.1 Å². The number of aromatic nitrogens is 2. The molecular weight excluding hydrogens is 298 g/mol. The van der Waals surface area contributed by atoms with Crippen molar-refractivity contribution in [1.82, 2.24) is 20.4 Å². The summed E-state index contributed by atoms with van der Waals surface area (Å²) in [7, 11) is 0. The number of nitrogens with zero attached hydrogens (tertiary/aromatic N) is 4. The van der Waals surface area contributed by atoms with E-state index < -0.39 is 17.5 Å². The quantitative estimate of drug-likeness (QED) is 0.853. The number of amides is 3. The number of hydrogen-bond donors (Lipinski definition) is 1. The van der Waals surface area contributed by atoms with Gasteiger partial charge in [0, 0.05) is 0 Å². The van der Waals surface area contributed by atoms with E-state index in [-0.39, 0.29) is 12.4 Å². The highest BCUT2D eigenvalue weighted by Gasteiger charge is 2.49. The smallest absolute Gasteiger partial charge is 0.325 e. The number of nitrogens with one attached hydrogen (secondary N) is 1. The second-order valence-corrected chi connectivity index (χ2v) is 5.37. The number of carbonyl (C=O) groups excluding carboxylic acids is 2. The molecule has 1 aliphatic heterocycles. The molecule has 0 bridgehead atoms. The summed E-state index contributed by atoms with van der Waals surface area (Å²) >= 11 is 0. The predicted octanol–water partition coefficient (Wildman–Crippen LogP) is 1.22. The van der Waals surface area contributed by atoms with Crippen molar-refractivity contribution in [3.63, 3.8) is 0 Å². The van der Waals surface area contributed by atoms with Gasteiger partial charge in [0.15, 0.2) is 5.82 Å². The van der Waals surface area contributed by atoms with Crippen LogP contribution in [0.4, 0.5) is 4.79 Å². The van der Waals surface area contributed by atoms with Gasteiger partial charge in [-0.25, -0.2) is 4.79 Å². The summed E-state index contributed by atoms with van der Waals surface area (Å²) in [5, 5.41) is 15.3. The molecule has 0 unspecified atom stereocenters. The van der Waals surface area contributed by atoms with Crippen LogP contribution in [-0.4, -0.2) is 27.0 Å². The Morgan fingerprint density at radius 2 is 2.22 bits per heavy atom. The zero-order valence-corrected chi connectivity index (χ0v) is 12.5. The van der Waals surface area contributed by atoms with Crippen LogP contribution in [0.2, 0.25) is 0 Å². The average Bonchev–Trinajstić information content (AvgIpc) is 3.05. The maximum absolute atomic E-state index is 12.7. The molecule has 8 nitrogen and oxygen atoms in total. The standard InChI is InChI=1S/C15H13N5O3/c1-9-17-12(23-19-9)8-20-13(21)15(2,18-14(20)22)11-5-3-4-10(6-11)7-16/h3-6H,8H2,1-2H3,(H,18,22)/t15-/m0/s1. The Kier molecular flexibility index (Phi) is 3.33. The van der Waals surface area contributed by atoms with E-state index >= 15 is 0 Å². The van der Waals surface area contributed by atoms with Crippen LogP contribution in [0.3, 0.4) is 0 Å². The summed E-state index contributed by atoms with van der Waals surface area (Å²) in [6.45, 7) is 3.15. The molecule has 0 spiro atoms.